The summed E-state index contributed by atoms with van der Waals surface area (Å²) in [6.45, 7) is 0.733. The average Bonchev–Trinajstić information content (AvgIpc) is 2.90. The summed E-state index contributed by atoms with van der Waals surface area (Å²) in [5.74, 6) is -0.631. The van der Waals surface area contributed by atoms with Gasteiger partial charge in [-0.15, -0.1) is 0 Å². The lowest BCUT2D eigenvalue weighted by Gasteiger charge is -2.11. The molecule has 1 saturated heterocycles. The van der Waals surface area contributed by atoms with Crippen molar-refractivity contribution in [2.24, 2.45) is 5.73 Å². The lowest BCUT2D eigenvalue weighted by atomic mass is 10.1. The number of nitrogens with one attached hydrogen (secondary N) is 1. The molecule has 102 valence electrons. The minimum absolute atomic E-state index is 0.127. The molecule has 1 aliphatic heterocycles. The zero-order chi connectivity index (χ0) is 13.8. The molecule has 4 nitrogen and oxygen atoms in total. The molecule has 2 rings (SSSR count). The molecule has 3 N–H and O–H groups in total. The lowest BCUT2D eigenvalue weighted by molar-refractivity contribution is -0.130. The SMILES string of the molecule is NC(=S)c1ccc(CNC(=O)C2CCCO2)c(F)c1. The van der Waals surface area contributed by atoms with Crippen LogP contribution in [0.3, 0.4) is 0 Å². The Balaban J connectivity index is 1.95. The van der Waals surface area contributed by atoms with Crippen molar-refractivity contribution < 1.29 is 13.9 Å². The van der Waals surface area contributed by atoms with E-state index in [4.69, 9.17) is 22.7 Å². The number of ether oxygens (including phenoxy) is 1. The van der Waals surface area contributed by atoms with Crippen LogP contribution in [0, 0.1) is 5.82 Å². The van der Waals surface area contributed by atoms with Gasteiger partial charge in [0.25, 0.3) is 0 Å². The van der Waals surface area contributed by atoms with Crippen LogP contribution in [0.15, 0.2) is 18.2 Å². The van der Waals surface area contributed by atoms with Crippen LogP contribution in [0.2, 0.25) is 0 Å². The number of carbonyl (C=O) groups is 1. The summed E-state index contributed by atoms with van der Waals surface area (Å²) in [4.78, 5) is 11.9. The van der Waals surface area contributed by atoms with E-state index in [1.165, 1.54) is 6.07 Å². The van der Waals surface area contributed by atoms with Gasteiger partial charge in [-0.25, -0.2) is 4.39 Å². The molecule has 1 heterocycles. The Labute approximate surface area is 116 Å². The number of carbonyl (C=O) groups excluding carboxylic acids is 1. The molecular weight excluding hydrogens is 267 g/mol. The van der Waals surface area contributed by atoms with Crippen molar-refractivity contribution in [3.63, 3.8) is 0 Å². The van der Waals surface area contributed by atoms with Gasteiger partial charge in [-0.05, 0) is 18.9 Å². The summed E-state index contributed by atoms with van der Waals surface area (Å²) in [6.07, 6.45) is 1.20. The second kappa shape index (κ2) is 6.08. The second-order valence-corrected chi connectivity index (χ2v) is 4.83. The van der Waals surface area contributed by atoms with Crippen molar-refractivity contribution in [1.29, 1.82) is 0 Å². The molecule has 0 bridgehead atoms. The zero-order valence-electron chi connectivity index (χ0n) is 10.3. The molecule has 1 atom stereocenters. The van der Waals surface area contributed by atoms with Crippen molar-refractivity contribution in [3.05, 3.63) is 35.1 Å². The minimum Gasteiger partial charge on any atom is -0.389 e. The molecule has 6 heteroatoms. The van der Waals surface area contributed by atoms with Gasteiger partial charge in [-0.3, -0.25) is 4.79 Å². The number of rotatable bonds is 4. The number of nitrogens with two attached hydrogens (primary N) is 1. The maximum atomic E-state index is 13.7. The first-order valence-corrected chi connectivity index (χ1v) is 6.46. The molecule has 1 aliphatic rings. The van der Waals surface area contributed by atoms with E-state index in [9.17, 15) is 9.18 Å². The Bertz CT molecular complexity index is 501. The van der Waals surface area contributed by atoms with Gasteiger partial charge >= 0.3 is 0 Å². The summed E-state index contributed by atoms with van der Waals surface area (Å²) in [5, 5.41) is 2.66. The van der Waals surface area contributed by atoms with Crippen LogP contribution in [0.25, 0.3) is 0 Å². The second-order valence-electron chi connectivity index (χ2n) is 4.39. The van der Waals surface area contributed by atoms with Gasteiger partial charge in [-0.1, -0.05) is 24.4 Å². The van der Waals surface area contributed by atoms with E-state index in [2.05, 4.69) is 5.32 Å². The Hall–Kier alpha value is -1.53. The van der Waals surface area contributed by atoms with Crippen LogP contribution in [-0.2, 0) is 16.1 Å². The van der Waals surface area contributed by atoms with E-state index in [-0.39, 0.29) is 17.4 Å². The Morgan fingerprint density at radius 2 is 2.37 bits per heavy atom. The third-order valence-corrected chi connectivity index (χ3v) is 3.25. The van der Waals surface area contributed by atoms with Crippen LogP contribution in [0.5, 0.6) is 0 Å². The monoisotopic (exact) mass is 282 g/mol. The van der Waals surface area contributed by atoms with Crippen LogP contribution >= 0.6 is 12.2 Å². The maximum absolute atomic E-state index is 13.7. The summed E-state index contributed by atoms with van der Waals surface area (Å²) < 4.78 is 19.0. The molecule has 1 amide bonds. The van der Waals surface area contributed by atoms with Gasteiger partial charge in [-0.2, -0.15) is 0 Å². The van der Waals surface area contributed by atoms with Crippen LogP contribution in [0.4, 0.5) is 4.39 Å². The summed E-state index contributed by atoms with van der Waals surface area (Å²) >= 11 is 4.77. The highest BCUT2D eigenvalue weighted by atomic mass is 32.1. The molecule has 1 aromatic rings. The fraction of sp³-hybridized carbons (Fsp3) is 0.385. The van der Waals surface area contributed by atoms with Crippen molar-refractivity contribution >= 4 is 23.1 Å². The van der Waals surface area contributed by atoms with Gasteiger partial charge in [0.15, 0.2) is 0 Å². The number of amides is 1. The topological polar surface area (TPSA) is 64.3 Å². The quantitative estimate of drug-likeness (QED) is 0.816. The fourth-order valence-electron chi connectivity index (χ4n) is 1.92. The molecule has 1 fully saturated rings. The van der Waals surface area contributed by atoms with E-state index < -0.39 is 11.9 Å². The molecule has 1 aromatic carbocycles. The third kappa shape index (κ3) is 3.48. The minimum atomic E-state index is -0.432. The number of thiocarbonyl (C=S) groups is 1. The predicted octanol–water partition coefficient (Wildman–Crippen LogP) is 1.26. The Morgan fingerprint density at radius 1 is 1.58 bits per heavy atom. The first kappa shape index (κ1) is 13.9. The highest BCUT2D eigenvalue weighted by Gasteiger charge is 2.23. The molecule has 1 unspecified atom stereocenters. The molecule has 0 radical (unpaired) electrons. The Morgan fingerprint density at radius 3 is 2.95 bits per heavy atom. The van der Waals surface area contributed by atoms with Crippen LogP contribution < -0.4 is 11.1 Å². The largest absolute Gasteiger partial charge is 0.389 e. The van der Waals surface area contributed by atoms with Crippen LogP contribution in [-0.4, -0.2) is 23.6 Å². The number of benzene rings is 1. The van der Waals surface area contributed by atoms with Gasteiger partial charge in [0.2, 0.25) is 5.91 Å². The van der Waals surface area contributed by atoms with E-state index in [0.717, 1.165) is 6.42 Å². The van der Waals surface area contributed by atoms with E-state index in [0.29, 0.717) is 24.2 Å². The van der Waals surface area contributed by atoms with Gasteiger partial charge in [0.05, 0.1) is 0 Å². The summed E-state index contributed by atoms with van der Waals surface area (Å²) in [7, 11) is 0. The van der Waals surface area contributed by atoms with E-state index in [1.807, 2.05) is 0 Å². The highest BCUT2D eigenvalue weighted by Crippen LogP contribution is 2.13. The van der Waals surface area contributed by atoms with Crippen LogP contribution in [0.1, 0.15) is 24.0 Å². The predicted molar refractivity (Wildman–Crippen MR) is 73.1 cm³/mol. The molecule has 0 spiro atoms. The third-order valence-electron chi connectivity index (χ3n) is 3.01. The molecule has 0 saturated carbocycles. The van der Waals surface area contributed by atoms with E-state index >= 15 is 0 Å². The molecule has 19 heavy (non-hydrogen) atoms. The highest BCUT2D eigenvalue weighted by molar-refractivity contribution is 7.80. The molecule has 0 aliphatic carbocycles. The average molecular weight is 282 g/mol. The number of hydrogen-bond acceptors (Lipinski definition) is 3. The molecular formula is C13H15FN2O2S. The smallest absolute Gasteiger partial charge is 0.249 e. The standard InChI is InChI=1S/C13H15FN2O2S/c14-10-6-8(12(15)19)3-4-9(10)7-16-13(17)11-2-1-5-18-11/h3-4,6,11H,1-2,5,7H2,(H2,15,19)(H,16,17). The Kier molecular flexibility index (Phi) is 4.44. The first-order chi connectivity index (χ1) is 9.08. The van der Waals surface area contributed by atoms with E-state index in [1.54, 1.807) is 12.1 Å². The normalized spacial score (nSPS) is 18.3. The molecule has 0 aromatic heterocycles. The van der Waals surface area contributed by atoms with Gasteiger partial charge in [0, 0.05) is 24.3 Å². The van der Waals surface area contributed by atoms with Crippen molar-refractivity contribution in [3.8, 4) is 0 Å². The first-order valence-electron chi connectivity index (χ1n) is 6.05. The van der Waals surface area contributed by atoms with Crippen molar-refractivity contribution in [2.45, 2.75) is 25.5 Å². The van der Waals surface area contributed by atoms with Gasteiger partial charge < -0.3 is 15.8 Å². The number of halogens is 1. The zero-order valence-corrected chi connectivity index (χ0v) is 11.1. The summed E-state index contributed by atoms with van der Waals surface area (Å²) in [6, 6.07) is 4.48. The summed E-state index contributed by atoms with van der Waals surface area (Å²) in [5.41, 5.74) is 6.28. The fourth-order valence-corrected chi connectivity index (χ4v) is 2.05. The van der Waals surface area contributed by atoms with Crippen molar-refractivity contribution in [2.75, 3.05) is 6.61 Å². The maximum Gasteiger partial charge on any atom is 0.249 e. The number of hydrogen-bond donors (Lipinski definition) is 2. The van der Waals surface area contributed by atoms with Crippen molar-refractivity contribution in [1.82, 2.24) is 5.32 Å². The lowest BCUT2D eigenvalue weighted by Crippen LogP contribution is -2.33. The van der Waals surface area contributed by atoms with Gasteiger partial charge in [0.1, 0.15) is 16.9 Å².